The Morgan fingerprint density at radius 1 is 0.605 bits per heavy atom. The number of benzene rings is 4. The molecule has 5 heteroatoms. The fraction of sp³-hybridized carbons (Fsp3) is 0.273. The van der Waals surface area contributed by atoms with Crippen LogP contribution < -0.4 is 0 Å². The van der Waals surface area contributed by atoms with Crippen molar-refractivity contribution in [3.05, 3.63) is 138 Å². The van der Waals surface area contributed by atoms with E-state index in [1.165, 1.54) is 4.90 Å². The highest BCUT2D eigenvalue weighted by atomic mass is 32.2. The fourth-order valence-electron chi connectivity index (χ4n) is 4.54. The van der Waals surface area contributed by atoms with Gasteiger partial charge in [0, 0.05) is 11.3 Å². The van der Waals surface area contributed by atoms with E-state index >= 15 is 0 Å². The Morgan fingerprint density at radius 2 is 1.11 bits per heavy atom. The molecule has 0 spiro atoms. The lowest BCUT2D eigenvalue weighted by molar-refractivity contribution is -0.204. The first-order valence-corrected chi connectivity index (χ1v) is 14.0. The van der Waals surface area contributed by atoms with Crippen LogP contribution in [0.5, 0.6) is 0 Å². The second-order valence-electron chi connectivity index (χ2n) is 9.37. The molecule has 1 aliphatic heterocycles. The molecular formula is C33H34O4S. The van der Waals surface area contributed by atoms with Crippen molar-refractivity contribution in [2.24, 2.45) is 0 Å². The van der Waals surface area contributed by atoms with Gasteiger partial charge >= 0.3 is 0 Å². The first-order valence-electron chi connectivity index (χ1n) is 13.1. The maximum absolute atomic E-state index is 6.64. The van der Waals surface area contributed by atoms with Gasteiger partial charge in [0.1, 0.15) is 17.6 Å². The molecule has 4 atom stereocenters. The van der Waals surface area contributed by atoms with Gasteiger partial charge in [-0.15, -0.1) is 0 Å². The minimum Gasteiger partial charge on any atom is -0.374 e. The van der Waals surface area contributed by atoms with Gasteiger partial charge in [0.25, 0.3) is 0 Å². The molecule has 0 aromatic heterocycles. The standard InChI is InChI=1S/C33H34O4S/c1-5-13-26(14-6-1)22-34-25-31-33(36-24-28-17-9-3-10-18-28)30(35-23-27-15-7-2-8-16-27)21-32(37-31)38-29-19-11-4-12-20-29/h1-20,30-33H,21-25H2/t30-,31-,32?,33+/m1/s1. The molecule has 4 aromatic rings. The summed E-state index contributed by atoms with van der Waals surface area (Å²) in [6, 6.07) is 41.1. The molecule has 1 aliphatic rings. The largest absolute Gasteiger partial charge is 0.374 e. The molecule has 0 aliphatic carbocycles. The van der Waals surface area contributed by atoms with E-state index in [4.69, 9.17) is 18.9 Å². The molecule has 0 N–H and O–H groups in total. The van der Waals surface area contributed by atoms with E-state index in [0.29, 0.717) is 26.4 Å². The second-order valence-corrected chi connectivity index (χ2v) is 10.6. The molecule has 0 bridgehead atoms. The first-order chi connectivity index (χ1) is 18.8. The average molecular weight is 527 g/mol. The Hall–Kier alpha value is -2.93. The van der Waals surface area contributed by atoms with Gasteiger partial charge in [0.2, 0.25) is 0 Å². The molecular weight excluding hydrogens is 492 g/mol. The Morgan fingerprint density at radius 3 is 1.68 bits per heavy atom. The maximum atomic E-state index is 6.64. The molecule has 0 saturated carbocycles. The van der Waals surface area contributed by atoms with Gasteiger partial charge in [-0.3, -0.25) is 0 Å². The SMILES string of the molecule is c1ccc(COC[C@H]2OC(Sc3ccccc3)C[C@@H](OCc3ccccc3)[C@@H]2OCc2ccccc2)cc1. The highest BCUT2D eigenvalue weighted by Gasteiger charge is 2.41. The number of ether oxygens (including phenoxy) is 4. The number of hydrogen-bond acceptors (Lipinski definition) is 5. The number of hydrogen-bond donors (Lipinski definition) is 0. The van der Waals surface area contributed by atoms with E-state index in [1.807, 2.05) is 60.7 Å². The van der Waals surface area contributed by atoms with Gasteiger partial charge < -0.3 is 18.9 Å². The molecule has 1 saturated heterocycles. The summed E-state index contributed by atoms with van der Waals surface area (Å²) in [5.41, 5.74) is 3.33. The normalized spacial score (nSPS) is 21.3. The van der Waals surface area contributed by atoms with Crippen LogP contribution in [-0.2, 0) is 38.8 Å². The van der Waals surface area contributed by atoms with Crippen LogP contribution in [0, 0.1) is 0 Å². The molecule has 5 rings (SSSR count). The minimum atomic E-state index is -0.266. The highest BCUT2D eigenvalue weighted by molar-refractivity contribution is 7.99. The van der Waals surface area contributed by atoms with Crippen molar-refractivity contribution in [3.63, 3.8) is 0 Å². The third kappa shape index (κ3) is 8.03. The highest BCUT2D eigenvalue weighted by Crippen LogP contribution is 2.36. The summed E-state index contributed by atoms with van der Waals surface area (Å²) in [6.45, 7) is 1.96. The van der Waals surface area contributed by atoms with Gasteiger partial charge in [-0.05, 0) is 28.8 Å². The summed E-state index contributed by atoms with van der Waals surface area (Å²) in [7, 11) is 0. The predicted molar refractivity (Wildman–Crippen MR) is 152 cm³/mol. The van der Waals surface area contributed by atoms with E-state index in [9.17, 15) is 0 Å². The van der Waals surface area contributed by atoms with Crippen LogP contribution in [0.15, 0.2) is 126 Å². The maximum Gasteiger partial charge on any atom is 0.113 e. The van der Waals surface area contributed by atoms with Crippen molar-refractivity contribution in [1.82, 2.24) is 0 Å². The first kappa shape index (κ1) is 26.7. The summed E-state index contributed by atoms with van der Waals surface area (Å²) >= 11 is 1.73. The van der Waals surface area contributed by atoms with Gasteiger partial charge in [0.05, 0.1) is 32.5 Å². The van der Waals surface area contributed by atoms with Crippen molar-refractivity contribution in [2.45, 2.75) is 54.9 Å². The van der Waals surface area contributed by atoms with E-state index in [-0.39, 0.29) is 23.7 Å². The zero-order valence-electron chi connectivity index (χ0n) is 21.4. The van der Waals surface area contributed by atoms with E-state index in [2.05, 4.69) is 60.7 Å². The summed E-state index contributed by atoms with van der Waals surface area (Å²) < 4.78 is 25.9. The molecule has 1 unspecified atom stereocenters. The zero-order valence-corrected chi connectivity index (χ0v) is 22.2. The Balaban J connectivity index is 1.33. The molecule has 38 heavy (non-hydrogen) atoms. The molecule has 1 heterocycles. The van der Waals surface area contributed by atoms with Crippen molar-refractivity contribution >= 4 is 11.8 Å². The monoisotopic (exact) mass is 526 g/mol. The minimum absolute atomic E-state index is 0.0694. The van der Waals surface area contributed by atoms with Crippen LogP contribution in [0.3, 0.4) is 0 Å². The summed E-state index contributed by atoms with van der Waals surface area (Å²) in [5.74, 6) is 0. The summed E-state index contributed by atoms with van der Waals surface area (Å²) in [4.78, 5) is 1.17. The van der Waals surface area contributed by atoms with Crippen LogP contribution in [0.1, 0.15) is 23.1 Å². The Labute approximate surface area is 229 Å². The lowest BCUT2D eigenvalue weighted by Gasteiger charge is -2.41. The van der Waals surface area contributed by atoms with Crippen molar-refractivity contribution in [3.8, 4) is 0 Å². The summed E-state index contributed by atoms with van der Waals surface area (Å²) in [5, 5.41) is 0. The van der Waals surface area contributed by atoms with Gasteiger partial charge in [-0.25, -0.2) is 0 Å². The van der Waals surface area contributed by atoms with E-state index < -0.39 is 0 Å². The number of rotatable bonds is 12. The molecule has 196 valence electrons. The number of thioether (sulfide) groups is 1. The Bertz CT molecular complexity index is 1190. The van der Waals surface area contributed by atoms with Crippen LogP contribution in [0.4, 0.5) is 0 Å². The van der Waals surface area contributed by atoms with Gasteiger partial charge in [-0.1, -0.05) is 121 Å². The van der Waals surface area contributed by atoms with Crippen LogP contribution in [0.2, 0.25) is 0 Å². The van der Waals surface area contributed by atoms with E-state index in [0.717, 1.165) is 23.1 Å². The van der Waals surface area contributed by atoms with Crippen LogP contribution in [0.25, 0.3) is 0 Å². The smallest absolute Gasteiger partial charge is 0.113 e. The molecule has 0 amide bonds. The average Bonchev–Trinajstić information content (AvgIpc) is 2.98. The predicted octanol–water partition coefficient (Wildman–Crippen LogP) is 7.28. The van der Waals surface area contributed by atoms with Crippen molar-refractivity contribution in [1.29, 1.82) is 0 Å². The molecule has 4 aromatic carbocycles. The lowest BCUT2D eigenvalue weighted by atomic mass is 10.0. The Kier molecular flexibility index (Phi) is 10.0. The lowest BCUT2D eigenvalue weighted by Crippen LogP contribution is -2.51. The van der Waals surface area contributed by atoms with Crippen molar-refractivity contribution < 1.29 is 18.9 Å². The third-order valence-electron chi connectivity index (χ3n) is 6.48. The topological polar surface area (TPSA) is 36.9 Å². The van der Waals surface area contributed by atoms with Gasteiger partial charge in [-0.2, -0.15) is 0 Å². The fourth-order valence-corrected chi connectivity index (χ4v) is 5.64. The molecule has 1 fully saturated rings. The van der Waals surface area contributed by atoms with Crippen molar-refractivity contribution in [2.75, 3.05) is 6.61 Å². The second kappa shape index (κ2) is 14.3. The van der Waals surface area contributed by atoms with Crippen LogP contribution >= 0.6 is 11.8 Å². The molecule has 4 nitrogen and oxygen atoms in total. The molecule has 0 radical (unpaired) electrons. The zero-order chi connectivity index (χ0) is 25.8. The quantitative estimate of drug-likeness (QED) is 0.194. The van der Waals surface area contributed by atoms with E-state index in [1.54, 1.807) is 11.8 Å². The summed E-state index contributed by atoms with van der Waals surface area (Å²) in [6.07, 6.45) is 0.0563. The van der Waals surface area contributed by atoms with Crippen LogP contribution in [-0.4, -0.2) is 30.4 Å². The van der Waals surface area contributed by atoms with Gasteiger partial charge in [0.15, 0.2) is 0 Å². The third-order valence-corrected chi connectivity index (χ3v) is 7.59.